The topological polar surface area (TPSA) is 72.5 Å². The molecule has 0 saturated carbocycles. The minimum atomic E-state index is -0.236. The minimum absolute atomic E-state index is 0.236. The van der Waals surface area contributed by atoms with Gasteiger partial charge in [0.15, 0.2) is 11.5 Å². The molecule has 24 heavy (non-hydrogen) atoms. The molecule has 130 valence electrons. The Morgan fingerprint density at radius 2 is 1.92 bits per heavy atom. The van der Waals surface area contributed by atoms with Crippen molar-refractivity contribution >= 4 is 23.1 Å². The van der Waals surface area contributed by atoms with Crippen LogP contribution >= 0.6 is 11.3 Å². The molecule has 0 aliphatic heterocycles. The number of ether oxygens (including phenoxy) is 2. The van der Waals surface area contributed by atoms with Gasteiger partial charge in [0.25, 0.3) is 0 Å². The second-order valence-electron chi connectivity index (χ2n) is 5.39. The van der Waals surface area contributed by atoms with Crippen LogP contribution < -0.4 is 20.1 Å². The van der Waals surface area contributed by atoms with Gasteiger partial charge >= 0.3 is 6.03 Å². The zero-order valence-corrected chi connectivity index (χ0v) is 15.3. The summed E-state index contributed by atoms with van der Waals surface area (Å²) in [6.07, 6.45) is 1.72. The van der Waals surface area contributed by atoms with Crippen molar-refractivity contribution < 1.29 is 14.3 Å². The fraction of sp³-hybridized carbons (Fsp3) is 0.412. The Balaban J connectivity index is 1.83. The fourth-order valence-corrected chi connectivity index (χ4v) is 3.06. The Bertz CT molecular complexity index is 700. The average molecular weight is 349 g/mol. The van der Waals surface area contributed by atoms with Crippen molar-refractivity contribution in [2.75, 3.05) is 26.1 Å². The Kier molecular flexibility index (Phi) is 6.43. The third-order valence-corrected chi connectivity index (χ3v) is 4.52. The zero-order chi connectivity index (χ0) is 17.5. The van der Waals surface area contributed by atoms with Crippen LogP contribution in [0.4, 0.5) is 10.5 Å². The first-order valence-electron chi connectivity index (χ1n) is 7.72. The first-order valence-corrected chi connectivity index (χ1v) is 8.60. The average Bonchev–Trinajstić information content (AvgIpc) is 2.98. The highest BCUT2D eigenvalue weighted by molar-refractivity contribution is 7.09. The van der Waals surface area contributed by atoms with Crippen molar-refractivity contribution in [3.05, 3.63) is 33.8 Å². The van der Waals surface area contributed by atoms with Crippen molar-refractivity contribution in [2.45, 2.75) is 26.7 Å². The Hall–Kier alpha value is -2.28. The summed E-state index contributed by atoms with van der Waals surface area (Å²) in [5, 5.41) is 8.84. The minimum Gasteiger partial charge on any atom is -0.493 e. The van der Waals surface area contributed by atoms with Crippen LogP contribution in [0.3, 0.4) is 0 Å². The second kappa shape index (κ2) is 8.54. The largest absolute Gasteiger partial charge is 0.493 e. The highest BCUT2D eigenvalue weighted by atomic mass is 32.1. The lowest BCUT2D eigenvalue weighted by Gasteiger charge is -2.14. The number of hydrogen-bond donors (Lipinski definition) is 2. The summed E-state index contributed by atoms with van der Waals surface area (Å²) in [7, 11) is 3.15. The number of aromatic nitrogens is 1. The van der Waals surface area contributed by atoms with E-state index in [4.69, 9.17) is 9.47 Å². The first kappa shape index (κ1) is 18.1. The van der Waals surface area contributed by atoms with Gasteiger partial charge in [-0.1, -0.05) is 0 Å². The lowest BCUT2D eigenvalue weighted by Crippen LogP contribution is -2.30. The van der Waals surface area contributed by atoms with Crippen LogP contribution in [0.25, 0.3) is 0 Å². The van der Waals surface area contributed by atoms with E-state index in [1.807, 2.05) is 25.3 Å². The summed E-state index contributed by atoms with van der Waals surface area (Å²) in [5.41, 5.74) is 2.64. The Morgan fingerprint density at radius 3 is 2.54 bits per heavy atom. The molecule has 1 heterocycles. The van der Waals surface area contributed by atoms with Crippen LogP contribution in [0.5, 0.6) is 11.5 Å². The number of carbonyl (C=O) groups is 1. The van der Waals surface area contributed by atoms with Crippen molar-refractivity contribution in [1.29, 1.82) is 0 Å². The van der Waals surface area contributed by atoms with Crippen molar-refractivity contribution in [2.24, 2.45) is 0 Å². The molecule has 1 aromatic carbocycles. The summed E-state index contributed by atoms with van der Waals surface area (Å²) in [6, 6.07) is 3.35. The third kappa shape index (κ3) is 4.86. The molecular formula is C17H23N3O3S. The van der Waals surface area contributed by atoms with Gasteiger partial charge in [-0.3, -0.25) is 0 Å². The molecule has 0 bridgehead atoms. The van der Waals surface area contributed by atoms with E-state index >= 15 is 0 Å². The number of hydrogen-bond acceptors (Lipinski definition) is 5. The number of nitrogens with zero attached hydrogens (tertiary/aromatic N) is 1. The Morgan fingerprint density at radius 1 is 1.21 bits per heavy atom. The van der Waals surface area contributed by atoms with Crippen LogP contribution in [0, 0.1) is 13.8 Å². The molecule has 1 aromatic heterocycles. The van der Waals surface area contributed by atoms with Gasteiger partial charge in [-0.2, -0.15) is 0 Å². The molecule has 0 spiro atoms. The van der Waals surface area contributed by atoms with E-state index in [0.717, 1.165) is 29.1 Å². The molecule has 0 radical (unpaired) electrons. The van der Waals surface area contributed by atoms with Gasteiger partial charge in [0.05, 0.1) is 19.2 Å². The lowest BCUT2D eigenvalue weighted by molar-refractivity contribution is 0.252. The van der Waals surface area contributed by atoms with Gasteiger partial charge in [0.1, 0.15) is 0 Å². The van der Waals surface area contributed by atoms with Crippen molar-refractivity contribution in [3.63, 3.8) is 0 Å². The number of carbonyl (C=O) groups excluding carboxylic acids is 1. The van der Waals surface area contributed by atoms with Crippen LogP contribution in [0.15, 0.2) is 17.5 Å². The summed E-state index contributed by atoms with van der Waals surface area (Å²) in [4.78, 5) is 16.4. The predicted octanol–water partition coefficient (Wildman–Crippen LogP) is 3.53. The Labute approximate surface area is 146 Å². The van der Waals surface area contributed by atoms with Gasteiger partial charge in [0.2, 0.25) is 0 Å². The number of rotatable bonds is 7. The number of methoxy groups -OCH3 is 2. The van der Waals surface area contributed by atoms with Crippen LogP contribution in [-0.2, 0) is 6.42 Å². The van der Waals surface area contributed by atoms with E-state index in [-0.39, 0.29) is 6.03 Å². The van der Waals surface area contributed by atoms with Gasteiger partial charge in [-0.15, -0.1) is 11.3 Å². The first-order chi connectivity index (χ1) is 11.5. The molecule has 2 rings (SSSR count). The molecule has 0 aliphatic rings. The number of benzene rings is 1. The maximum atomic E-state index is 12.0. The van der Waals surface area contributed by atoms with Gasteiger partial charge in [-0.25, -0.2) is 9.78 Å². The van der Waals surface area contributed by atoms with Gasteiger partial charge < -0.3 is 20.1 Å². The molecule has 0 aliphatic carbocycles. The molecule has 2 N–H and O–H groups in total. The van der Waals surface area contributed by atoms with Gasteiger partial charge in [-0.05, 0) is 31.9 Å². The van der Waals surface area contributed by atoms with Crippen LogP contribution in [0.2, 0.25) is 0 Å². The van der Waals surface area contributed by atoms with Crippen molar-refractivity contribution in [3.8, 4) is 11.5 Å². The zero-order valence-electron chi connectivity index (χ0n) is 14.4. The van der Waals surface area contributed by atoms with E-state index in [1.165, 1.54) is 0 Å². The smallest absolute Gasteiger partial charge is 0.319 e. The number of thiazole rings is 1. The number of amides is 2. The van der Waals surface area contributed by atoms with Crippen LogP contribution in [-0.4, -0.2) is 31.8 Å². The van der Waals surface area contributed by atoms with Crippen molar-refractivity contribution in [1.82, 2.24) is 10.3 Å². The maximum Gasteiger partial charge on any atom is 0.319 e. The third-order valence-electron chi connectivity index (χ3n) is 3.50. The summed E-state index contributed by atoms with van der Waals surface area (Å²) in [5.74, 6) is 1.22. The number of urea groups is 1. The maximum absolute atomic E-state index is 12.0. The summed E-state index contributed by atoms with van der Waals surface area (Å²) < 4.78 is 10.5. The quantitative estimate of drug-likeness (QED) is 0.750. The molecule has 0 saturated heterocycles. The van der Waals surface area contributed by atoms with E-state index in [1.54, 1.807) is 31.6 Å². The number of nitrogens with one attached hydrogen (secondary N) is 2. The fourth-order valence-electron chi connectivity index (χ4n) is 2.24. The molecule has 2 amide bonds. The van der Waals surface area contributed by atoms with E-state index in [2.05, 4.69) is 15.6 Å². The highest BCUT2D eigenvalue weighted by Gasteiger charge is 2.10. The number of aryl methyl sites for hydroxylation is 3. The van der Waals surface area contributed by atoms with Crippen LogP contribution in [0.1, 0.15) is 22.7 Å². The molecule has 0 unspecified atom stereocenters. The normalized spacial score (nSPS) is 10.3. The summed E-state index contributed by atoms with van der Waals surface area (Å²) >= 11 is 1.66. The molecule has 2 aromatic rings. The molecule has 0 fully saturated rings. The van der Waals surface area contributed by atoms with E-state index in [0.29, 0.717) is 23.7 Å². The van der Waals surface area contributed by atoms with E-state index in [9.17, 15) is 4.79 Å². The molecule has 6 nitrogen and oxygen atoms in total. The van der Waals surface area contributed by atoms with E-state index < -0.39 is 0 Å². The molecule has 0 atom stereocenters. The monoisotopic (exact) mass is 349 g/mol. The second-order valence-corrected chi connectivity index (χ2v) is 6.33. The number of anilines is 1. The van der Waals surface area contributed by atoms with Gasteiger partial charge in [0, 0.05) is 35.8 Å². The summed E-state index contributed by atoms with van der Waals surface area (Å²) in [6.45, 7) is 4.48. The molecule has 7 heteroatoms. The highest BCUT2D eigenvalue weighted by Crippen LogP contribution is 2.32. The lowest BCUT2D eigenvalue weighted by atomic mass is 10.1. The standard InChI is InChI=1S/C17H23N3O3S/c1-11-8-14(22-3)15(23-4)9-13(11)20-17(21)18-7-5-6-16-19-12(2)10-24-16/h8-10H,5-7H2,1-4H3,(H2,18,20,21). The predicted molar refractivity (Wildman–Crippen MR) is 96.5 cm³/mol. The molecular weight excluding hydrogens is 326 g/mol. The SMILES string of the molecule is COc1cc(C)c(NC(=O)NCCCc2nc(C)cs2)cc1OC.